The summed E-state index contributed by atoms with van der Waals surface area (Å²) in [4.78, 5) is 4.79. The van der Waals surface area contributed by atoms with Crippen LogP contribution in [0.5, 0.6) is 11.5 Å². The number of likely N-dealkylation sites (N-methyl/N-ethyl adjacent to an activating group) is 1. The molecule has 2 heterocycles. The maximum absolute atomic E-state index is 10.1. The van der Waals surface area contributed by atoms with E-state index in [9.17, 15) is 10.2 Å². The molecule has 2 aliphatic rings. The van der Waals surface area contributed by atoms with Crippen LogP contribution in [0, 0.1) is 0 Å². The van der Waals surface area contributed by atoms with Gasteiger partial charge in [0.25, 0.3) is 0 Å². The van der Waals surface area contributed by atoms with Gasteiger partial charge in [-0.25, -0.2) is 5.01 Å². The van der Waals surface area contributed by atoms with Crippen molar-refractivity contribution in [3.8, 4) is 11.5 Å². The van der Waals surface area contributed by atoms with Crippen molar-refractivity contribution >= 4 is 5.69 Å². The monoisotopic (exact) mass is 382 g/mol. The van der Waals surface area contributed by atoms with Crippen LogP contribution in [-0.4, -0.2) is 66.4 Å². The Hall–Kier alpha value is -2.28. The first kappa shape index (κ1) is 19.1. The van der Waals surface area contributed by atoms with E-state index in [0.717, 1.165) is 49.3 Å². The van der Waals surface area contributed by atoms with Gasteiger partial charge in [0.05, 0.1) is 6.04 Å². The van der Waals surface area contributed by atoms with Crippen LogP contribution in [0.1, 0.15) is 29.7 Å². The molecular weight excluding hydrogens is 352 g/mol. The molecule has 0 aromatic heterocycles. The van der Waals surface area contributed by atoms with E-state index in [1.54, 1.807) is 12.1 Å². The molecule has 2 aliphatic heterocycles. The lowest BCUT2D eigenvalue weighted by molar-refractivity contribution is 0.172. The number of aromatic hydroxyl groups is 2. The molecule has 0 spiro atoms. The lowest BCUT2D eigenvalue weighted by atomic mass is 9.91. The smallest absolute Gasteiger partial charge is 0.157 e. The van der Waals surface area contributed by atoms with Crippen LogP contribution in [-0.2, 0) is 6.42 Å². The van der Waals surface area contributed by atoms with Crippen LogP contribution in [0.3, 0.4) is 0 Å². The summed E-state index contributed by atoms with van der Waals surface area (Å²) in [6, 6.07) is 12.4. The summed E-state index contributed by atoms with van der Waals surface area (Å²) < 4.78 is 0. The van der Waals surface area contributed by atoms with E-state index in [1.807, 2.05) is 7.05 Å². The van der Waals surface area contributed by atoms with Crippen molar-refractivity contribution in [1.29, 1.82) is 0 Å². The molecule has 2 aromatic carbocycles. The highest BCUT2D eigenvalue weighted by molar-refractivity contribution is 5.53. The third-order valence-corrected chi connectivity index (χ3v) is 5.95. The first-order valence-corrected chi connectivity index (χ1v) is 9.99. The molecule has 6 heteroatoms. The lowest BCUT2D eigenvalue weighted by Crippen LogP contribution is -2.44. The predicted octanol–water partition coefficient (Wildman–Crippen LogP) is 2.32. The standard InChI is InChI=1S/C22H30N4O2/c1-15-12-17-13-20(27)21(28)14-19(17)22(25(3)23-15)16-4-6-18(7-5-16)26-10-8-24(2)9-11-26/h4-7,13-15,22-23,27-28H,8-12H2,1-3H3. The number of piperazine rings is 1. The Labute approximate surface area is 167 Å². The number of hydrogen-bond donors (Lipinski definition) is 3. The maximum Gasteiger partial charge on any atom is 0.157 e. The fourth-order valence-electron chi connectivity index (χ4n) is 4.41. The number of nitrogens with one attached hydrogen (secondary N) is 1. The molecule has 2 atom stereocenters. The molecule has 3 N–H and O–H groups in total. The van der Waals surface area contributed by atoms with Gasteiger partial charge < -0.3 is 20.0 Å². The molecule has 1 saturated heterocycles. The summed E-state index contributed by atoms with van der Waals surface area (Å²) in [5, 5.41) is 22.2. The second-order valence-corrected chi connectivity index (χ2v) is 8.17. The van der Waals surface area contributed by atoms with Crippen molar-refractivity contribution in [1.82, 2.24) is 15.3 Å². The van der Waals surface area contributed by atoms with Gasteiger partial charge in [0.2, 0.25) is 0 Å². The van der Waals surface area contributed by atoms with E-state index in [2.05, 4.69) is 58.5 Å². The summed E-state index contributed by atoms with van der Waals surface area (Å²) in [6.07, 6.45) is 0.795. The summed E-state index contributed by atoms with van der Waals surface area (Å²) >= 11 is 0. The van der Waals surface area contributed by atoms with E-state index < -0.39 is 0 Å². The van der Waals surface area contributed by atoms with Gasteiger partial charge in [0, 0.05) is 45.0 Å². The van der Waals surface area contributed by atoms with Gasteiger partial charge in [0.15, 0.2) is 11.5 Å². The van der Waals surface area contributed by atoms with Gasteiger partial charge in [-0.1, -0.05) is 12.1 Å². The minimum Gasteiger partial charge on any atom is -0.504 e. The van der Waals surface area contributed by atoms with Gasteiger partial charge in [-0.05, 0) is 61.3 Å². The molecule has 0 radical (unpaired) electrons. The number of hydrazine groups is 1. The molecule has 150 valence electrons. The third-order valence-electron chi connectivity index (χ3n) is 5.95. The van der Waals surface area contributed by atoms with Crippen molar-refractivity contribution in [3.05, 3.63) is 53.1 Å². The van der Waals surface area contributed by atoms with Gasteiger partial charge >= 0.3 is 0 Å². The Morgan fingerprint density at radius 3 is 2.25 bits per heavy atom. The normalized spacial score (nSPS) is 24.0. The van der Waals surface area contributed by atoms with Gasteiger partial charge in [-0.15, -0.1) is 0 Å². The minimum atomic E-state index is -0.0687. The number of rotatable bonds is 2. The zero-order valence-corrected chi connectivity index (χ0v) is 16.9. The molecular formula is C22H30N4O2. The second kappa shape index (κ2) is 7.62. The van der Waals surface area contributed by atoms with Gasteiger partial charge in [0.1, 0.15) is 0 Å². The van der Waals surface area contributed by atoms with E-state index in [-0.39, 0.29) is 23.6 Å². The van der Waals surface area contributed by atoms with Crippen LogP contribution in [0.2, 0.25) is 0 Å². The first-order valence-electron chi connectivity index (χ1n) is 9.99. The molecule has 6 nitrogen and oxygen atoms in total. The van der Waals surface area contributed by atoms with Crippen molar-refractivity contribution < 1.29 is 10.2 Å². The topological polar surface area (TPSA) is 62.2 Å². The van der Waals surface area contributed by atoms with Crippen LogP contribution in [0.4, 0.5) is 5.69 Å². The number of fused-ring (bicyclic) bond motifs is 1. The lowest BCUT2D eigenvalue weighted by Gasteiger charge is -2.34. The summed E-state index contributed by atoms with van der Waals surface area (Å²) in [5.41, 5.74) is 8.02. The third kappa shape index (κ3) is 3.68. The highest BCUT2D eigenvalue weighted by Crippen LogP contribution is 2.38. The molecule has 1 fully saturated rings. The molecule has 0 bridgehead atoms. The van der Waals surface area contributed by atoms with Gasteiger partial charge in [-0.2, -0.15) is 0 Å². The number of benzene rings is 2. The van der Waals surface area contributed by atoms with Crippen molar-refractivity contribution in [2.45, 2.75) is 25.4 Å². The average Bonchev–Trinajstić information content (AvgIpc) is 2.78. The van der Waals surface area contributed by atoms with Crippen LogP contribution in [0.15, 0.2) is 36.4 Å². The van der Waals surface area contributed by atoms with Crippen molar-refractivity contribution in [2.24, 2.45) is 0 Å². The van der Waals surface area contributed by atoms with Crippen LogP contribution in [0.25, 0.3) is 0 Å². The highest BCUT2D eigenvalue weighted by Gasteiger charge is 2.28. The Morgan fingerprint density at radius 2 is 1.57 bits per heavy atom. The van der Waals surface area contributed by atoms with E-state index in [1.165, 1.54) is 5.69 Å². The average molecular weight is 383 g/mol. The Bertz CT molecular complexity index is 831. The fraction of sp³-hybridized carbons (Fsp3) is 0.455. The number of nitrogens with zero attached hydrogens (tertiary/aromatic N) is 3. The summed E-state index contributed by atoms with van der Waals surface area (Å²) in [5.74, 6) is -0.125. The van der Waals surface area contributed by atoms with Crippen LogP contribution >= 0.6 is 0 Å². The first-order chi connectivity index (χ1) is 13.4. The number of phenolic OH excluding ortho intramolecular Hbond substituents is 2. The molecule has 0 saturated carbocycles. The van der Waals surface area contributed by atoms with E-state index in [0.29, 0.717) is 0 Å². The zero-order valence-electron chi connectivity index (χ0n) is 16.9. The van der Waals surface area contributed by atoms with E-state index >= 15 is 0 Å². The fourth-order valence-corrected chi connectivity index (χ4v) is 4.41. The summed E-state index contributed by atoms with van der Waals surface area (Å²) in [6.45, 7) is 6.40. The van der Waals surface area contributed by atoms with Crippen molar-refractivity contribution in [3.63, 3.8) is 0 Å². The van der Waals surface area contributed by atoms with E-state index in [4.69, 9.17) is 0 Å². The largest absolute Gasteiger partial charge is 0.504 e. The highest BCUT2D eigenvalue weighted by atomic mass is 16.3. The zero-order chi connectivity index (χ0) is 19.8. The SMILES string of the molecule is CC1Cc2cc(O)c(O)cc2C(c2ccc(N3CCN(C)CC3)cc2)N(C)N1. The van der Waals surface area contributed by atoms with Gasteiger partial charge in [-0.3, -0.25) is 5.43 Å². The Morgan fingerprint density at radius 1 is 0.929 bits per heavy atom. The minimum absolute atomic E-state index is 0.0343. The molecule has 2 aromatic rings. The number of anilines is 1. The molecule has 0 amide bonds. The maximum atomic E-state index is 10.1. The quantitative estimate of drug-likeness (QED) is 0.693. The summed E-state index contributed by atoms with van der Waals surface area (Å²) in [7, 11) is 4.20. The molecule has 0 aliphatic carbocycles. The number of hydrogen-bond acceptors (Lipinski definition) is 6. The number of phenols is 2. The van der Waals surface area contributed by atoms with Crippen LogP contribution < -0.4 is 10.3 Å². The Kier molecular flexibility index (Phi) is 5.19. The molecule has 28 heavy (non-hydrogen) atoms. The second-order valence-electron chi connectivity index (χ2n) is 8.17. The predicted molar refractivity (Wildman–Crippen MR) is 112 cm³/mol. The van der Waals surface area contributed by atoms with Crippen molar-refractivity contribution in [2.75, 3.05) is 45.2 Å². The Balaban J connectivity index is 1.67. The molecule has 2 unspecified atom stereocenters. The molecule has 4 rings (SSSR count).